The van der Waals surface area contributed by atoms with Gasteiger partial charge in [0.1, 0.15) is 6.54 Å². The standard InChI is InChI=1S/C7H11N3O3/c1-9-4-6(12)10(7(9)13)3-2-5(8)11/h2-4H2,1H3,(H2,8,11). The number of hydrogen-bond donors (Lipinski definition) is 1. The monoisotopic (exact) mass is 185 g/mol. The first-order chi connectivity index (χ1) is 6.02. The minimum atomic E-state index is -0.518. The third kappa shape index (κ3) is 1.95. The van der Waals surface area contributed by atoms with Gasteiger partial charge in [0.15, 0.2) is 0 Å². The highest BCUT2D eigenvalue weighted by molar-refractivity contribution is 6.02. The molecule has 0 bridgehead atoms. The van der Waals surface area contributed by atoms with Crippen LogP contribution in [0.25, 0.3) is 0 Å². The molecule has 0 atom stereocenters. The van der Waals surface area contributed by atoms with Crippen molar-refractivity contribution in [2.75, 3.05) is 20.1 Å². The highest BCUT2D eigenvalue weighted by Gasteiger charge is 2.33. The van der Waals surface area contributed by atoms with Crippen LogP contribution in [0.1, 0.15) is 6.42 Å². The van der Waals surface area contributed by atoms with Crippen molar-refractivity contribution in [1.82, 2.24) is 9.80 Å². The Kier molecular flexibility index (Phi) is 2.50. The van der Waals surface area contributed by atoms with Gasteiger partial charge in [0.25, 0.3) is 0 Å². The van der Waals surface area contributed by atoms with E-state index in [0.29, 0.717) is 0 Å². The fourth-order valence-electron chi connectivity index (χ4n) is 1.11. The summed E-state index contributed by atoms with van der Waals surface area (Å²) in [6, 6.07) is -0.369. The van der Waals surface area contributed by atoms with Gasteiger partial charge in [-0.25, -0.2) is 4.79 Å². The van der Waals surface area contributed by atoms with Crippen LogP contribution in [0.4, 0.5) is 4.79 Å². The van der Waals surface area contributed by atoms with E-state index in [0.717, 1.165) is 4.90 Å². The Labute approximate surface area is 75.3 Å². The van der Waals surface area contributed by atoms with Gasteiger partial charge in [-0.3, -0.25) is 14.5 Å². The zero-order chi connectivity index (χ0) is 10.0. The Balaban J connectivity index is 2.54. The van der Waals surface area contributed by atoms with Gasteiger partial charge in [-0.2, -0.15) is 0 Å². The third-order valence-corrected chi connectivity index (χ3v) is 1.81. The first-order valence-corrected chi connectivity index (χ1v) is 3.86. The van der Waals surface area contributed by atoms with Crippen LogP contribution in [0.5, 0.6) is 0 Å². The van der Waals surface area contributed by atoms with E-state index in [9.17, 15) is 14.4 Å². The molecule has 0 spiro atoms. The number of amides is 4. The summed E-state index contributed by atoms with van der Waals surface area (Å²) < 4.78 is 0. The summed E-state index contributed by atoms with van der Waals surface area (Å²) in [5, 5.41) is 0. The number of primary amides is 1. The lowest BCUT2D eigenvalue weighted by Gasteiger charge is -2.12. The molecule has 0 saturated carbocycles. The van der Waals surface area contributed by atoms with Crippen LogP contribution in [-0.2, 0) is 9.59 Å². The highest BCUT2D eigenvalue weighted by Crippen LogP contribution is 2.07. The van der Waals surface area contributed by atoms with Crippen molar-refractivity contribution in [3.8, 4) is 0 Å². The Morgan fingerprint density at radius 2 is 2.15 bits per heavy atom. The Morgan fingerprint density at radius 3 is 2.54 bits per heavy atom. The molecule has 1 aliphatic heterocycles. The molecular weight excluding hydrogens is 174 g/mol. The molecule has 4 amide bonds. The average molecular weight is 185 g/mol. The van der Waals surface area contributed by atoms with Crippen molar-refractivity contribution in [1.29, 1.82) is 0 Å². The molecule has 6 heteroatoms. The highest BCUT2D eigenvalue weighted by atomic mass is 16.2. The summed E-state index contributed by atoms with van der Waals surface area (Å²) in [4.78, 5) is 35.1. The lowest BCUT2D eigenvalue weighted by atomic mass is 10.4. The largest absolute Gasteiger partial charge is 0.370 e. The molecule has 2 N–H and O–H groups in total. The van der Waals surface area contributed by atoms with Crippen LogP contribution >= 0.6 is 0 Å². The van der Waals surface area contributed by atoms with E-state index in [2.05, 4.69) is 0 Å². The summed E-state index contributed by atoms with van der Waals surface area (Å²) in [6.07, 6.45) is 0.0192. The van der Waals surface area contributed by atoms with Gasteiger partial charge in [-0.1, -0.05) is 0 Å². The SMILES string of the molecule is CN1CC(=O)N(CCC(N)=O)C1=O. The molecule has 0 unspecified atom stereocenters. The van der Waals surface area contributed by atoms with Crippen LogP contribution in [0.3, 0.4) is 0 Å². The predicted octanol–water partition coefficient (Wildman–Crippen LogP) is -1.24. The van der Waals surface area contributed by atoms with Crippen LogP contribution in [0, 0.1) is 0 Å². The summed E-state index contributed by atoms with van der Waals surface area (Å²) in [5.74, 6) is -0.802. The second-order valence-electron chi connectivity index (χ2n) is 2.90. The third-order valence-electron chi connectivity index (χ3n) is 1.81. The number of nitrogens with two attached hydrogens (primary N) is 1. The van der Waals surface area contributed by atoms with E-state index in [4.69, 9.17) is 5.73 Å². The molecule has 72 valence electrons. The molecule has 1 aliphatic rings. The Morgan fingerprint density at radius 1 is 1.54 bits per heavy atom. The van der Waals surface area contributed by atoms with Crippen molar-refractivity contribution in [3.63, 3.8) is 0 Å². The molecule has 0 radical (unpaired) electrons. The van der Waals surface area contributed by atoms with E-state index in [1.165, 1.54) is 11.9 Å². The first-order valence-electron chi connectivity index (χ1n) is 3.86. The molecule has 6 nitrogen and oxygen atoms in total. The number of likely N-dealkylation sites (N-methyl/N-ethyl adjacent to an activating group) is 1. The van der Waals surface area contributed by atoms with Gasteiger partial charge in [-0.05, 0) is 0 Å². The number of carbonyl (C=O) groups excluding carboxylic acids is 3. The lowest BCUT2D eigenvalue weighted by molar-refractivity contribution is -0.125. The van der Waals surface area contributed by atoms with E-state index in [-0.39, 0.29) is 31.4 Å². The van der Waals surface area contributed by atoms with Crippen molar-refractivity contribution < 1.29 is 14.4 Å². The molecular formula is C7H11N3O3. The van der Waals surface area contributed by atoms with Crippen molar-refractivity contribution in [2.45, 2.75) is 6.42 Å². The van der Waals surface area contributed by atoms with Crippen molar-refractivity contribution in [2.24, 2.45) is 5.73 Å². The molecule has 0 aromatic rings. The summed E-state index contributed by atoms with van der Waals surface area (Å²) >= 11 is 0. The number of hydrogen-bond acceptors (Lipinski definition) is 3. The molecule has 0 aliphatic carbocycles. The smallest absolute Gasteiger partial charge is 0.326 e. The van der Waals surface area contributed by atoms with Crippen molar-refractivity contribution in [3.05, 3.63) is 0 Å². The molecule has 13 heavy (non-hydrogen) atoms. The van der Waals surface area contributed by atoms with E-state index in [1.807, 2.05) is 0 Å². The second kappa shape index (κ2) is 3.42. The van der Waals surface area contributed by atoms with Crippen LogP contribution < -0.4 is 5.73 Å². The second-order valence-corrected chi connectivity index (χ2v) is 2.90. The number of rotatable bonds is 3. The van der Waals surface area contributed by atoms with Crippen molar-refractivity contribution >= 4 is 17.8 Å². The maximum atomic E-state index is 11.2. The van der Waals surface area contributed by atoms with Gasteiger partial charge in [-0.15, -0.1) is 0 Å². The zero-order valence-electron chi connectivity index (χ0n) is 7.32. The summed E-state index contributed by atoms with van der Waals surface area (Å²) in [6.45, 7) is 0.162. The van der Waals surface area contributed by atoms with Gasteiger partial charge in [0.2, 0.25) is 11.8 Å². The minimum absolute atomic E-state index is 0.0192. The maximum Gasteiger partial charge on any atom is 0.326 e. The average Bonchev–Trinajstić information content (AvgIpc) is 2.24. The van der Waals surface area contributed by atoms with Gasteiger partial charge < -0.3 is 10.6 Å². The Hall–Kier alpha value is -1.59. The number of imide groups is 1. The number of urea groups is 1. The van der Waals surface area contributed by atoms with Crippen LogP contribution in [0.2, 0.25) is 0 Å². The van der Waals surface area contributed by atoms with Crippen LogP contribution in [0.15, 0.2) is 0 Å². The van der Waals surface area contributed by atoms with E-state index < -0.39 is 5.91 Å². The molecule has 0 aromatic carbocycles. The van der Waals surface area contributed by atoms with Gasteiger partial charge in [0.05, 0.1) is 0 Å². The molecule has 1 heterocycles. The zero-order valence-corrected chi connectivity index (χ0v) is 7.32. The topological polar surface area (TPSA) is 83.7 Å². The molecule has 1 saturated heterocycles. The fourth-order valence-corrected chi connectivity index (χ4v) is 1.11. The van der Waals surface area contributed by atoms with E-state index in [1.54, 1.807) is 0 Å². The fraction of sp³-hybridized carbons (Fsp3) is 0.571. The molecule has 1 fully saturated rings. The quantitative estimate of drug-likeness (QED) is 0.558. The number of nitrogens with zero attached hydrogens (tertiary/aromatic N) is 2. The first kappa shape index (κ1) is 9.50. The van der Waals surface area contributed by atoms with Gasteiger partial charge in [0, 0.05) is 20.0 Å². The summed E-state index contributed by atoms with van der Waals surface area (Å²) in [7, 11) is 1.53. The predicted molar refractivity (Wildman–Crippen MR) is 43.6 cm³/mol. The van der Waals surface area contributed by atoms with E-state index >= 15 is 0 Å². The molecule has 1 rings (SSSR count). The lowest BCUT2D eigenvalue weighted by Crippen LogP contribution is -2.34. The molecule has 0 aromatic heterocycles. The minimum Gasteiger partial charge on any atom is -0.370 e. The normalized spacial score (nSPS) is 17.0. The van der Waals surface area contributed by atoms with Crippen LogP contribution in [-0.4, -0.2) is 47.8 Å². The number of carbonyl (C=O) groups is 3. The maximum absolute atomic E-state index is 11.2. The Bertz CT molecular complexity index is 264. The van der Waals surface area contributed by atoms with Gasteiger partial charge >= 0.3 is 6.03 Å². The summed E-state index contributed by atoms with van der Waals surface area (Å²) in [5.41, 5.74) is 4.89.